The van der Waals surface area contributed by atoms with E-state index in [1.54, 1.807) is 6.92 Å². The molecule has 0 saturated heterocycles. The average Bonchev–Trinajstić information content (AvgIpc) is 2.14. The van der Waals surface area contributed by atoms with E-state index in [0.29, 0.717) is 6.54 Å². The predicted molar refractivity (Wildman–Crippen MR) is 44.8 cm³/mol. The highest BCUT2D eigenvalue weighted by molar-refractivity contribution is 5.90. The molecule has 0 radical (unpaired) electrons. The van der Waals surface area contributed by atoms with Crippen LogP contribution in [0.25, 0.3) is 0 Å². The maximum absolute atomic E-state index is 10.9. The van der Waals surface area contributed by atoms with Crippen molar-refractivity contribution in [3.63, 3.8) is 0 Å². The summed E-state index contributed by atoms with van der Waals surface area (Å²) in [5.74, 6) is -1.56. The van der Waals surface area contributed by atoms with Gasteiger partial charge in [0.15, 0.2) is 12.2 Å². The van der Waals surface area contributed by atoms with Crippen LogP contribution in [0.3, 0.4) is 0 Å². The van der Waals surface area contributed by atoms with E-state index in [4.69, 9.17) is 10.2 Å². The average molecular weight is 190 g/mol. The lowest BCUT2D eigenvalue weighted by molar-refractivity contribution is -0.145. The van der Waals surface area contributed by atoms with Crippen LogP contribution in [0.1, 0.15) is 6.92 Å². The number of carbonyl (C=O) groups excluding carboxylic acids is 2. The lowest BCUT2D eigenvalue weighted by Crippen LogP contribution is -2.48. The second-order valence-electron chi connectivity index (χ2n) is 2.40. The van der Waals surface area contributed by atoms with Crippen LogP contribution in [0.15, 0.2) is 0 Å². The predicted octanol–water partition coefficient (Wildman–Crippen LogP) is -2.41. The molecule has 76 valence electrons. The number of aliphatic hydroxyl groups is 2. The van der Waals surface area contributed by atoms with Gasteiger partial charge in [-0.05, 0) is 6.92 Å². The number of rotatable bonds is 4. The molecule has 0 unspecified atom stereocenters. The molecule has 6 nitrogen and oxygen atoms in total. The highest BCUT2D eigenvalue weighted by Gasteiger charge is 2.28. The van der Waals surface area contributed by atoms with Gasteiger partial charge in [-0.2, -0.15) is 0 Å². The molecule has 4 N–H and O–H groups in total. The van der Waals surface area contributed by atoms with Gasteiger partial charge in [0.2, 0.25) is 0 Å². The fourth-order valence-electron chi connectivity index (χ4n) is 0.713. The van der Waals surface area contributed by atoms with Gasteiger partial charge in [-0.3, -0.25) is 9.59 Å². The monoisotopic (exact) mass is 190 g/mol. The Morgan fingerprint density at radius 1 is 1.23 bits per heavy atom. The molecule has 0 aromatic heterocycles. The summed E-state index contributed by atoms with van der Waals surface area (Å²) in [6.45, 7) is 1.99. The summed E-state index contributed by atoms with van der Waals surface area (Å²) in [5, 5.41) is 22.5. The standard InChI is InChI=1S/C7H14N2O4/c1-3-9-7(13)5(11)4(10)6(12)8-2/h4-5,10-11H,3H2,1-2H3,(H,8,12)(H,9,13)/t4-,5-/m1/s1. The van der Waals surface area contributed by atoms with E-state index >= 15 is 0 Å². The highest BCUT2D eigenvalue weighted by Crippen LogP contribution is 1.93. The Morgan fingerprint density at radius 2 is 1.69 bits per heavy atom. The van der Waals surface area contributed by atoms with Gasteiger partial charge >= 0.3 is 0 Å². The van der Waals surface area contributed by atoms with Crippen LogP contribution in [-0.4, -0.2) is 47.8 Å². The minimum atomic E-state index is -1.73. The molecule has 13 heavy (non-hydrogen) atoms. The summed E-state index contributed by atoms with van der Waals surface area (Å²) in [6.07, 6.45) is -3.45. The van der Waals surface area contributed by atoms with Crippen molar-refractivity contribution < 1.29 is 19.8 Å². The number of hydrogen-bond acceptors (Lipinski definition) is 4. The van der Waals surface area contributed by atoms with Gasteiger partial charge in [0.25, 0.3) is 11.8 Å². The third-order valence-electron chi connectivity index (χ3n) is 1.43. The van der Waals surface area contributed by atoms with Gasteiger partial charge in [0, 0.05) is 13.6 Å². The minimum absolute atomic E-state index is 0.330. The number of likely N-dealkylation sites (N-methyl/N-ethyl adjacent to an activating group) is 2. The molecule has 0 bridgehead atoms. The first-order chi connectivity index (χ1) is 6.04. The van der Waals surface area contributed by atoms with Gasteiger partial charge in [-0.1, -0.05) is 0 Å². The minimum Gasteiger partial charge on any atom is -0.380 e. The Balaban J connectivity index is 4.16. The molecule has 0 rings (SSSR count). The van der Waals surface area contributed by atoms with Crippen molar-refractivity contribution in [1.82, 2.24) is 10.6 Å². The zero-order valence-electron chi connectivity index (χ0n) is 7.57. The van der Waals surface area contributed by atoms with Crippen LogP contribution in [-0.2, 0) is 9.59 Å². The van der Waals surface area contributed by atoms with E-state index in [-0.39, 0.29) is 0 Å². The Labute approximate surface area is 75.9 Å². The van der Waals surface area contributed by atoms with Gasteiger partial charge < -0.3 is 20.8 Å². The zero-order valence-corrected chi connectivity index (χ0v) is 7.57. The van der Waals surface area contributed by atoms with Gasteiger partial charge in [0.1, 0.15) is 0 Å². The van der Waals surface area contributed by atoms with Crippen LogP contribution in [0.5, 0.6) is 0 Å². The maximum atomic E-state index is 10.9. The van der Waals surface area contributed by atoms with Crippen LogP contribution in [0.2, 0.25) is 0 Å². The molecule has 0 spiro atoms. The smallest absolute Gasteiger partial charge is 0.252 e. The summed E-state index contributed by atoms with van der Waals surface area (Å²) in [5.41, 5.74) is 0. The van der Waals surface area contributed by atoms with Crippen LogP contribution >= 0.6 is 0 Å². The van der Waals surface area contributed by atoms with Crippen molar-refractivity contribution in [2.75, 3.05) is 13.6 Å². The van der Waals surface area contributed by atoms with Crippen molar-refractivity contribution >= 4 is 11.8 Å². The molecule has 0 aromatic carbocycles. The molecule has 0 aliphatic carbocycles. The zero-order chi connectivity index (χ0) is 10.4. The molecule has 0 saturated carbocycles. The van der Waals surface area contributed by atoms with Crippen LogP contribution in [0.4, 0.5) is 0 Å². The van der Waals surface area contributed by atoms with E-state index in [1.165, 1.54) is 7.05 Å². The number of hydrogen-bond donors (Lipinski definition) is 4. The van der Waals surface area contributed by atoms with Gasteiger partial charge in [-0.25, -0.2) is 0 Å². The lowest BCUT2D eigenvalue weighted by Gasteiger charge is -2.15. The van der Waals surface area contributed by atoms with Crippen LogP contribution < -0.4 is 10.6 Å². The summed E-state index contributed by atoms with van der Waals surface area (Å²) >= 11 is 0. The van der Waals surface area contributed by atoms with Crippen molar-refractivity contribution in [3.8, 4) is 0 Å². The molecule has 0 fully saturated rings. The number of carbonyl (C=O) groups is 2. The summed E-state index contributed by atoms with van der Waals surface area (Å²) < 4.78 is 0. The van der Waals surface area contributed by atoms with Crippen LogP contribution in [0, 0.1) is 0 Å². The largest absolute Gasteiger partial charge is 0.380 e. The second kappa shape index (κ2) is 5.50. The van der Waals surface area contributed by atoms with Gasteiger partial charge in [-0.15, -0.1) is 0 Å². The van der Waals surface area contributed by atoms with Crippen molar-refractivity contribution in [2.24, 2.45) is 0 Å². The van der Waals surface area contributed by atoms with Crippen molar-refractivity contribution in [1.29, 1.82) is 0 Å². The fourth-order valence-corrected chi connectivity index (χ4v) is 0.713. The Kier molecular flexibility index (Phi) is 5.01. The Morgan fingerprint density at radius 3 is 2.08 bits per heavy atom. The van der Waals surface area contributed by atoms with E-state index in [0.717, 1.165) is 0 Å². The highest BCUT2D eigenvalue weighted by atomic mass is 16.3. The SMILES string of the molecule is CCNC(=O)[C@H](O)[C@@H](O)C(=O)NC. The first-order valence-electron chi connectivity index (χ1n) is 3.90. The van der Waals surface area contributed by atoms with E-state index < -0.39 is 24.0 Å². The maximum Gasteiger partial charge on any atom is 0.252 e. The van der Waals surface area contributed by atoms with E-state index in [9.17, 15) is 9.59 Å². The first kappa shape index (κ1) is 11.9. The van der Waals surface area contributed by atoms with Crippen molar-refractivity contribution in [3.05, 3.63) is 0 Å². The van der Waals surface area contributed by atoms with E-state index in [2.05, 4.69) is 10.6 Å². The first-order valence-corrected chi connectivity index (χ1v) is 3.90. The molecule has 6 heteroatoms. The molecule has 2 atom stereocenters. The summed E-state index contributed by atoms with van der Waals surface area (Å²) in [6, 6.07) is 0. The summed E-state index contributed by atoms with van der Waals surface area (Å²) in [7, 11) is 1.30. The molecular formula is C7H14N2O4. The normalized spacial score (nSPS) is 14.5. The lowest BCUT2D eigenvalue weighted by atomic mass is 10.2. The quantitative estimate of drug-likeness (QED) is 0.397. The number of amides is 2. The molecule has 0 heterocycles. The second-order valence-corrected chi connectivity index (χ2v) is 2.40. The third-order valence-corrected chi connectivity index (χ3v) is 1.43. The van der Waals surface area contributed by atoms with Crippen molar-refractivity contribution in [2.45, 2.75) is 19.1 Å². The Bertz CT molecular complexity index is 195. The number of aliphatic hydroxyl groups excluding tert-OH is 2. The number of nitrogens with one attached hydrogen (secondary N) is 2. The van der Waals surface area contributed by atoms with Gasteiger partial charge in [0.05, 0.1) is 0 Å². The molecular weight excluding hydrogens is 176 g/mol. The van der Waals surface area contributed by atoms with E-state index in [1.807, 2.05) is 0 Å². The summed E-state index contributed by atoms with van der Waals surface area (Å²) in [4.78, 5) is 21.7. The fraction of sp³-hybridized carbons (Fsp3) is 0.714. The Hall–Kier alpha value is -1.14. The molecule has 0 aliphatic rings. The topological polar surface area (TPSA) is 98.7 Å². The molecule has 2 amide bonds. The molecule has 0 aliphatic heterocycles. The molecule has 0 aromatic rings. The third kappa shape index (κ3) is 3.39.